The Labute approximate surface area is 173 Å². The molecule has 29 heavy (non-hydrogen) atoms. The lowest BCUT2D eigenvalue weighted by molar-refractivity contribution is -0.136. The van der Waals surface area contributed by atoms with Gasteiger partial charge in [-0.1, -0.05) is 44.2 Å². The normalized spacial score (nSPS) is 17.7. The molecule has 160 valence electrons. The Kier molecular flexibility index (Phi) is 7.65. The van der Waals surface area contributed by atoms with Crippen molar-refractivity contribution in [3.05, 3.63) is 35.9 Å². The van der Waals surface area contributed by atoms with Gasteiger partial charge in [0.15, 0.2) is 0 Å². The van der Waals surface area contributed by atoms with Crippen LogP contribution in [0.2, 0.25) is 0 Å². The summed E-state index contributed by atoms with van der Waals surface area (Å²) in [6.45, 7) is 10.2. The molecule has 2 N–H and O–H groups in total. The van der Waals surface area contributed by atoms with Gasteiger partial charge in [0.1, 0.15) is 11.6 Å². The van der Waals surface area contributed by atoms with Crippen LogP contribution < -0.4 is 10.6 Å². The average Bonchev–Trinajstić information content (AvgIpc) is 3.06. The van der Waals surface area contributed by atoms with E-state index in [0.29, 0.717) is 19.5 Å². The first-order valence-corrected chi connectivity index (χ1v) is 10.2. The Morgan fingerprint density at radius 3 is 2.41 bits per heavy atom. The summed E-state index contributed by atoms with van der Waals surface area (Å²) in [6.07, 6.45) is 0.418. The number of hydrogen-bond donors (Lipinski definition) is 2. The first-order valence-electron chi connectivity index (χ1n) is 10.2. The summed E-state index contributed by atoms with van der Waals surface area (Å²) < 4.78 is 5.28. The largest absolute Gasteiger partial charge is 0.444 e. The van der Waals surface area contributed by atoms with E-state index in [2.05, 4.69) is 10.6 Å². The van der Waals surface area contributed by atoms with E-state index in [-0.39, 0.29) is 30.2 Å². The molecule has 1 unspecified atom stereocenters. The van der Waals surface area contributed by atoms with Crippen LogP contribution in [0.15, 0.2) is 30.3 Å². The molecular weight excluding hydrogens is 370 g/mol. The standard InChI is InChI=1S/C22H33N3O4/c1-15(2)19(24-18(26)13-16-9-7-6-8-10-16)20(27)25-12-11-17(14-25)23-21(28)29-22(3,4)5/h6-10,15,17,19H,11-14H2,1-5H3,(H,23,28)(H,24,26)/t17-,19?/m0/s1. The van der Waals surface area contributed by atoms with Crippen LogP contribution in [0.25, 0.3) is 0 Å². The summed E-state index contributed by atoms with van der Waals surface area (Å²) in [5, 5.41) is 5.71. The highest BCUT2D eigenvalue weighted by molar-refractivity contribution is 5.89. The Hall–Kier alpha value is -2.57. The molecule has 0 saturated carbocycles. The number of nitrogens with zero attached hydrogens (tertiary/aromatic N) is 1. The van der Waals surface area contributed by atoms with E-state index in [9.17, 15) is 14.4 Å². The average molecular weight is 404 g/mol. The van der Waals surface area contributed by atoms with E-state index < -0.39 is 17.7 Å². The zero-order chi connectivity index (χ0) is 21.6. The van der Waals surface area contributed by atoms with E-state index >= 15 is 0 Å². The lowest BCUT2D eigenvalue weighted by Gasteiger charge is -2.27. The number of alkyl carbamates (subject to hydrolysis) is 1. The SMILES string of the molecule is CC(C)C(NC(=O)Cc1ccccc1)C(=O)N1CC[C@H](NC(=O)OC(C)(C)C)C1. The van der Waals surface area contributed by atoms with Gasteiger partial charge in [0.25, 0.3) is 0 Å². The summed E-state index contributed by atoms with van der Waals surface area (Å²) in [5.41, 5.74) is 0.340. The highest BCUT2D eigenvalue weighted by atomic mass is 16.6. The smallest absolute Gasteiger partial charge is 0.407 e. The van der Waals surface area contributed by atoms with Crippen molar-refractivity contribution in [2.24, 2.45) is 5.92 Å². The number of ether oxygens (including phenoxy) is 1. The second-order valence-corrected chi connectivity index (χ2v) is 8.87. The van der Waals surface area contributed by atoms with Crippen molar-refractivity contribution in [2.45, 2.75) is 65.1 Å². The van der Waals surface area contributed by atoms with Crippen molar-refractivity contribution in [1.82, 2.24) is 15.5 Å². The third-order valence-corrected chi connectivity index (χ3v) is 4.68. The van der Waals surface area contributed by atoms with Crippen molar-refractivity contribution in [3.63, 3.8) is 0 Å². The zero-order valence-electron chi connectivity index (χ0n) is 18.0. The van der Waals surface area contributed by atoms with Crippen LogP contribution in [0.3, 0.4) is 0 Å². The van der Waals surface area contributed by atoms with Gasteiger partial charge in [-0.3, -0.25) is 9.59 Å². The third-order valence-electron chi connectivity index (χ3n) is 4.68. The number of hydrogen-bond acceptors (Lipinski definition) is 4. The summed E-state index contributed by atoms with van der Waals surface area (Å²) in [7, 11) is 0. The van der Waals surface area contributed by atoms with Gasteiger partial charge in [0, 0.05) is 13.1 Å². The topological polar surface area (TPSA) is 87.7 Å². The quantitative estimate of drug-likeness (QED) is 0.764. The number of benzene rings is 1. The number of carbonyl (C=O) groups excluding carboxylic acids is 3. The molecule has 1 aromatic rings. The molecule has 1 aliphatic heterocycles. The van der Waals surface area contributed by atoms with Crippen molar-refractivity contribution >= 4 is 17.9 Å². The van der Waals surface area contributed by atoms with Gasteiger partial charge < -0.3 is 20.3 Å². The molecule has 1 aliphatic rings. The molecular formula is C22H33N3O4. The van der Waals surface area contributed by atoms with Crippen molar-refractivity contribution in [3.8, 4) is 0 Å². The molecule has 0 aromatic heterocycles. The van der Waals surface area contributed by atoms with Gasteiger partial charge >= 0.3 is 6.09 Å². The Morgan fingerprint density at radius 1 is 1.17 bits per heavy atom. The molecule has 7 nitrogen and oxygen atoms in total. The van der Waals surface area contributed by atoms with Gasteiger partial charge in [0.05, 0.1) is 12.5 Å². The Morgan fingerprint density at radius 2 is 1.83 bits per heavy atom. The van der Waals surface area contributed by atoms with E-state index in [1.807, 2.05) is 65.0 Å². The molecule has 0 radical (unpaired) electrons. The summed E-state index contributed by atoms with van der Waals surface area (Å²) >= 11 is 0. The molecule has 2 atom stereocenters. The molecule has 0 bridgehead atoms. The molecule has 0 spiro atoms. The van der Waals surface area contributed by atoms with Gasteiger partial charge in [-0.05, 0) is 38.7 Å². The Balaban J connectivity index is 1.90. The highest BCUT2D eigenvalue weighted by Gasteiger charge is 2.34. The van der Waals surface area contributed by atoms with E-state index in [1.165, 1.54) is 0 Å². The van der Waals surface area contributed by atoms with Crippen LogP contribution in [-0.2, 0) is 20.7 Å². The van der Waals surface area contributed by atoms with E-state index in [0.717, 1.165) is 5.56 Å². The number of rotatable bonds is 6. The lowest BCUT2D eigenvalue weighted by Crippen LogP contribution is -2.51. The lowest BCUT2D eigenvalue weighted by atomic mass is 10.0. The summed E-state index contributed by atoms with van der Waals surface area (Å²) in [4.78, 5) is 39.1. The predicted octanol–water partition coefficient (Wildman–Crippen LogP) is 2.50. The van der Waals surface area contributed by atoms with Crippen molar-refractivity contribution in [1.29, 1.82) is 0 Å². The highest BCUT2D eigenvalue weighted by Crippen LogP contribution is 2.15. The molecule has 7 heteroatoms. The molecule has 1 heterocycles. The van der Waals surface area contributed by atoms with Crippen LogP contribution in [0.1, 0.15) is 46.6 Å². The van der Waals surface area contributed by atoms with Crippen LogP contribution in [-0.4, -0.2) is 53.6 Å². The molecule has 0 aliphatic carbocycles. The molecule has 1 aromatic carbocycles. The van der Waals surface area contributed by atoms with Crippen molar-refractivity contribution < 1.29 is 19.1 Å². The number of carbonyl (C=O) groups is 3. The fourth-order valence-electron chi connectivity index (χ4n) is 3.27. The molecule has 1 fully saturated rings. The minimum atomic E-state index is -0.591. The fourth-order valence-corrected chi connectivity index (χ4v) is 3.27. The first kappa shape index (κ1) is 22.7. The zero-order valence-corrected chi connectivity index (χ0v) is 18.0. The minimum absolute atomic E-state index is 0.0416. The second-order valence-electron chi connectivity index (χ2n) is 8.87. The van der Waals surface area contributed by atoms with Gasteiger partial charge in [-0.15, -0.1) is 0 Å². The summed E-state index contributed by atoms with van der Waals surface area (Å²) in [5.74, 6) is -0.333. The Bertz CT molecular complexity index is 713. The predicted molar refractivity (Wildman–Crippen MR) is 111 cm³/mol. The van der Waals surface area contributed by atoms with E-state index in [1.54, 1.807) is 4.90 Å². The third kappa shape index (κ3) is 7.40. The van der Waals surface area contributed by atoms with E-state index in [4.69, 9.17) is 4.74 Å². The summed E-state index contributed by atoms with van der Waals surface area (Å²) in [6, 6.07) is 8.70. The van der Waals surface area contributed by atoms with Crippen LogP contribution in [0.5, 0.6) is 0 Å². The number of nitrogens with one attached hydrogen (secondary N) is 2. The monoisotopic (exact) mass is 403 g/mol. The van der Waals surface area contributed by atoms with Crippen LogP contribution in [0, 0.1) is 5.92 Å². The molecule has 3 amide bonds. The minimum Gasteiger partial charge on any atom is -0.444 e. The number of amides is 3. The molecule has 2 rings (SSSR count). The first-order chi connectivity index (χ1) is 13.5. The maximum Gasteiger partial charge on any atom is 0.407 e. The van der Waals surface area contributed by atoms with Gasteiger partial charge in [0.2, 0.25) is 11.8 Å². The van der Waals surface area contributed by atoms with Crippen LogP contribution in [0.4, 0.5) is 4.79 Å². The maximum absolute atomic E-state index is 13.0. The van der Waals surface area contributed by atoms with Gasteiger partial charge in [-0.25, -0.2) is 4.79 Å². The molecule has 1 saturated heterocycles. The van der Waals surface area contributed by atoms with Crippen LogP contribution >= 0.6 is 0 Å². The second kappa shape index (κ2) is 9.76. The maximum atomic E-state index is 13.0. The number of likely N-dealkylation sites (tertiary alicyclic amines) is 1. The van der Waals surface area contributed by atoms with Gasteiger partial charge in [-0.2, -0.15) is 0 Å². The fraction of sp³-hybridized carbons (Fsp3) is 0.591. The van der Waals surface area contributed by atoms with Crippen molar-refractivity contribution in [2.75, 3.05) is 13.1 Å².